The number of aromatic nitrogens is 1. The Hall–Kier alpha value is -2.39. The van der Waals surface area contributed by atoms with E-state index < -0.39 is 0 Å². The van der Waals surface area contributed by atoms with Crippen molar-refractivity contribution in [3.05, 3.63) is 71.4 Å². The van der Waals surface area contributed by atoms with E-state index in [-0.39, 0.29) is 0 Å². The quantitative estimate of drug-likeness (QED) is 0.453. The molecule has 0 unspecified atom stereocenters. The Morgan fingerprint density at radius 1 is 1.03 bits per heavy atom. The van der Waals surface area contributed by atoms with Gasteiger partial charge in [-0.15, -0.1) is 0 Å². The van der Waals surface area contributed by atoms with Gasteiger partial charge in [-0.1, -0.05) is 62.4 Å². The predicted molar refractivity (Wildman–Crippen MR) is 125 cm³/mol. The third kappa shape index (κ3) is 5.02. The number of likely N-dealkylation sites (tertiary alicyclic amines) is 1. The van der Waals surface area contributed by atoms with Gasteiger partial charge in [0.15, 0.2) is 5.78 Å². The number of para-hydroxylation sites is 1. The van der Waals surface area contributed by atoms with Gasteiger partial charge in [0, 0.05) is 35.1 Å². The second-order valence-electron chi connectivity index (χ2n) is 9.29. The first-order valence-electron chi connectivity index (χ1n) is 11.5. The Morgan fingerprint density at radius 2 is 1.73 bits per heavy atom. The number of piperidine rings is 1. The number of nitrogens with one attached hydrogen (secondary N) is 1. The van der Waals surface area contributed by atoms with E-state index in [4.69, 9.17) is 0 Å². The highest BCUT2D eigenvalue weighted by Crippen LogP contribution is 2.28. The number of nitrogens with zero attached hydrogens (tertiary/aromatic N) is 1. The van der Waals surface area contributed by atoms with Crippen molar-refractivity contribution >= 4 is 16.7 Å². The second kappa shape index (κ2) is 9.61. The third-order valence-electron chi connectivity index (χ3n) is 6.41. The van der Waals surface area contributed by atoms with Crippen molar-refractivity contribution in [3.8, 4) is 0 Å². The van der Waals surface area contributed by atoms with Crippen LogP contribution >= 0.6 is 0 Å². The summed E-state index contributed by atoms with van der Waals surface area (Å²) in [6.45, 7) is 7.74. The van der Waals surface area contributed by atoms with Crippen LogP contribution in [-0.4, -0.2) is 28.8 Å². The Kier molecular flexibility index (Phi) is 6.69. The Balaban J connectivity index is 1.34. The van der Waals surface area contributed by atoms with Gasteiger partial charge in [-0.05, 0) is 62.2 Å². The minimum Gasteiger partial charge on any atom is -0.358 e. The monoisotopic (exact) mass is 402 g/mol. The van der Waals surface area contributed by atoms with Crippen molar-refractivity contribution in [1.29, 1.82) is 0 Å². The van der Waals surface area contributed by atoms with E-state index in [2.05, 4.69) is 66.2 Å². The summed E-state index contributed by atoms with van der Waals surface area (Å²) in [7, 11) is 0. The first-order valence-corrected chi connectivity index (χ1v) is 11.5. The van der Waals surface area contributed by atoms with Crippen LogP contribution in [-0.2, 0) is 13.0 Å². The molecule has 3 nitrogen and oxygen atoms in total. The summed E-state index contributed by atoms with van der Waals surface area (Å²) in [6.07, 6.45) is 5.00. The van der Waals surface area contributed by atoms with Crippen LogP contribution in [0.15, 0.2) is 54.6 Å². The number of hydrogen-bond donors (Lipinski definition) is 1. The molecule has 3 aromatic rings. The molecule has 0 aliphatic carbocycles. The molecule has 2 aromatic carbocycles. The first-order chi connectivity index (χ1) is 14.6. The highest BCUT2D eigenvalue weighted by atomic mass is 16.1. The SMILES string of the molecule is CC(C)Cc1[nH]c2ccccc2c1C(=O)CCC1CCN(Cc2ccccc2)CC1. The maximum Gasteiger partial charge on any atom is 0.165 e. The van der Waals surface area contributed by atoms with Crippen LogP contribution in [0.4, 0.5) is 0 Å². The molecule has 1 fully saturated rings. The number of carbonyl (C=O) groups excluding carboxylic acids is 1. The highest BCUT2D eigenvalue weighted by molar-refractivity contribution is 6.09. The molecule has 2 heterocycles. The van der Waals surface area contributed by atoms with Gasteiger partial charge in [-0.3, -0.25) is 9.69 Å². The van der Waals surface area contributed by atoms with E-state index in [1.54, 1.807) is 0 Å². The number of hydrogen-bond acceptors (Lipinski definition) is 2. The van der Waals surface area contributed by atoms with Crippen LogP contribution in [0.5, 0.6) is 0 Å². The number of fused-ring (bicyclic) bond motifs is 1. The van der Waals surface area contributed by atoms with E-state index >= 15 is 0 Å². The zero-order valence-corrected chi connectivity index (χ0v) is 18.4. The lowest BCUT2D eigenvalue weighted by Gasteiger charge is -2.32. The lowest BCUT2D eigenvalue weighted by atomic mass is 9.89. The van der Waals surface area contributed by atoms with Gasteiger partial charge in [0.1, 0.15) is 0 Å². The summed E-state index contributed by atoms with van der Waals surface area (Å²) >= 11 is 0. The van der Waals surface area contributed by atoms with Gasteiger partial charge in [0.05, 0.1) is 0 Å². The van der Waals surface area contributed by atoms with Gasteiger partial charge in [0.2, 0.25) is 0 Å². The summed E-state index contributed by atoms with van der Waals surface area (Å²) < 4.78 is 0. The molecule has 1 aliphatic rings. The molecule has 0 bridgehead atoms. The molecule has 0 spiro atoms. The Bertz CT molecular complexity index is 965. The topological polar surface area (TPSA) is 36.1 Å². The van der Waals surface area contributed by atoms with Crippen LogP contribution in [0.1, 0.15) is 61.1 Å². The summed E-state index contributed by atoms with van der Waals surface area (Å²) in [4.78, 5) is 19.3. The molecule has 0 amide bonds. The van der Waals surface area contributed by atoms with Gasteiger partial charge < -0.3 is 4.98 Å². The van der Waals surface area contributed by atoms with Gasteiger partial charge in [0.25, 0.3) is 0 Å². The number of benzene rings is 2. The van der Waals surface area contributed by atoms with E-state index in [0.717, 1.165) is 54.6 Å². The van der Waals surface area contributed by atoms with E-state index in [1.807, 2.05) is 12.1 Å². The highest BCUT2D eigenvalue weighted by Gasteiger charge is 2.23. The average molecular weight is 403 g/mol. The number of Topliss-reactive ketones (excluding diaryl/α,β-unsaturated/α-hetero) is 1. The molecular formula is C27H34N2O. The van der Waals surface area contributed by atoms with Crippen molar-refractivity contribution in [3.63, 3.8) is 0 Å². The molecule has 1 aromatic heterocycles. The van der Waals surface area contributed by atoms with Crippen LogP contribution in [0, 0.1) is 11.8 Å². The zero-order chi connectivity index (χ0) is 20.9. The predicted octanol–water partition coefficient (Wildman–Crippen LogP) is 6.24. The lowest BCUT2D eigenvalue weighted by molar-refractivity contribution is 0.0962. The fraction of sp³-hybridized carbons (Fsp3) is 0.444. The van der Waals surface area contributed by atoms with Crippen molar-refractivity contribution < 1.29 is 4.79 Å². The lowest BCUT2D eigenvalue weighted by Crippen LogP contribution is -2.33. The molecule has 158 valence electrons. The molecule has 0 saturated carbocycles. The summed E-state index contributed by atoms with van der Waals surface area (Å²) in [6, 6.07) is 19.0. The van der Waals surface area contributed by atoms with Crippen molar-refractivity contribution in [1.82, 2.24) is 9.88 Å². The summed E-state index contributed by atoms with van der Waals surface area (Å²) in [5.41, 5.74) is 4.54. The average Bonchev–Trinajstić information content (AvgIpc) is 3.11. The molecule has 1 saturated heterocycles. The molecule has 4 rings (SSSR count). The van der Waals surface area contributed by atoms with Gasteiger partial charge >= 0.3 is 0 Å². The number of ketones is 1. The standard InChI is InChI=1S/C27H34N2O/c1-20(2)18-25-27(23-10-6-7-11-24(23)28-25)26(30)13-12-21-14-16-29(17-15-21)19-22-8-4-3-5-9-22/h3-11,20-21,28H,12-19H2,1-2H3. The fourth-order valence-corrected chi connectivity index (χ4v) is 4.81. The molecular weight excluding hydrogens is 368 g/mol. The summed E-state index contributed by atoms with van der Waals surface area (Å²) in [5, 5.41) is 1.09. The third-order valence-corrected chi connectivity index (χ3v) is 6.41. The van der Waals surface area contributed by atoms with Crippen molar-refractivity contribution in [2.45, 2.75) is 52.5 Å². The number of aromatic amines is 1. The van der Waals surface area contributed by atoms with E-state index in [0.29, 0.717) is 24.0 Å². The smallest absolute Gasteiger partial charge is 0.165 e. The molecule has 3 heteroatoms. The maximum atomic E-state index is 13.2. The van der Waals surface area contributed by atoms with Gasteiger partial charge in [-0.25, -0.2) is 0 Å². The zero-order valence-electron chi connectivity index (χ0n) is 18.4. The van der Waals surface area contributed by atoms with Crippen LogP contribution in [0.2, 0.25) is 0 Å². The Morgan fingerprint density at radius 3 is 2.47 bits per heavy atom. The number of carbonyl (C=O) groups is 1. The van der Waals surface area contributed by atoms with Crippen LogP contribution in [0.25, 0.3) is 10.9 Å². The van der Waals surface area contributed by atoms with E-state index in [9.17, 15) is 4.79 Å². The summed E-state index contributed by atoms with van der Waals surface area (Å²) in [5.74, 6) is 1.51. The minimum absolute atomic E-state index is 0.315. The molecule has 0 radical (unpaired) electrons. The van der Waals surface area contributed by atoms with Crippen molar-refractivity contribution in [2.75, 3.05) is 13.1 Å². The maximum absolute atomic E-state index is 13.2. The van der Waals surface area contributed by atoms with Crippen molar-refractivity contribution in [2.24, 2.45) is 11.8 Å². The normalized spacial score (nSPS) is 15.8. The molecule has 1 aliphatic heterocycles. The molecule has 0 atom stereocenters. The van der Waals surface area contributed by atoms with Crippen LogP contribution < -0.4 is 0 Å². The number of H-pyrrole nitrogens is 1. The molecule has 1 N–H and O–H groups in total. The Labute approximate surface area is 180 Å². The number of rotatable bonds is 8. The van der Waals surface area contributed by atoms with Gasteiger partial charge in [-0.2, -0.15) is 0 Å². The minimum atomic E-state index is 0.315. The first kappa shape index (κ1) is 20.9. The fourth-order valence-electron chi connectivity index (χ4n) is 4.81. The molecule has 30 heavy (non-hydrogen) atoms. The van der Waals surface area contributed by atoms with Crippen LogP contribution in [0.3, 0.4) is 0 Å². The largest absolute Gasteiger partial charge is 0.358 e. The van der Waals surface area contributed by atoms with E-state index in [1.165, 1.54) is 18.4 Å². The second-order valence-corrected chi connectivity index (χ2v) is 9.29.